The molecule has 1 unspecified atom stereocenters. The Bertz CT molecular complexity index is 3090. The van der Waals surface area contributed by atoms with E-state index in [1.165, 1.54) is 11.1 Å². The van der Waals surface area contributed by atoms with Gasteiger partial charge < -0.3 is 10.2 Å². The molecule has 0 saturated heterocycles. The number of para-hydroxylation sites is 3. The first kappa shape index (κ1) is 32.3. The van der Waals surface area contributed by atoms with Gasteiger partial charge in [0, 0.05) is 56.5 Å². The lowest BCUT2D eigenvalue weighted by Gasteiger charge is -2.35. The minimum absolute atomic E-state index is 0.0325. The molecule has 10 aromatic rings. The molecule has 12 rings (SSSR count). The number of nitrogens with one attached hydrogen (secondary N) is 1. The van der Waals surface area contributed by atoms with E-state index < -0.39 is 0 Å². The molecular weight excluding hydrogens is 713 g/mol. The van der Waals surface area contributed by atoms with Gasteiger partial charge in [0.15, 0.2) is 11.6 Å². The standard InChI is InChI=1S/C50H32N8/c1-2-13-38-36(12-1)45-44(57-43-18-6-4-16-41(43)53-49(38)57)28-27-37-35-11-3-5-17-42(35)58(46(37)45)50-55-47(33-23-19-31(20-24-33)39-14-7-9-29-51-39)54-48(56-50)34-25-21-32(22-26-34)40-15-8-10-30-52-40/h1-30,49,53H. The minimum Gasteiger partial charge on any atom is -0.359 e. The fourth-order valence-electron chi connectivity index (χ4n) is 8.70. The summed E-state index contributed by atoms with van der Waals surface area (Å²) >= 11 is 0. The number of hydrogen-bond acceptors (Lipinski definition) is 7. The van der Waals surface area contributed by atoms with Crippen molar-refractivity contribution in [3.05, 3.63) is 188 Å². The summed E-state index contributed by atoms with van der Waals surface area (Å²) in [4.78, 5) is 27.4. The van der Waals surface area contributed by atoms with Crippen LogP contribution in [0.2, 0.25) is 0 Å². The van der Waals surface area contributed by atoms with Crippen molar-refractivity contribution in [3.63, 3.8) is 0 Å². The van der Waals surface area contributed by atoms with Gasteiger partial charge in [-0.05, 0) is 54.1 Å². The van der Waals surface area contributed by atoms with Crippen LogP contribution in [0.15, 0.2) is 182 Å². The van der Waals surface area contributed by atoms with Crippen molar-refractivity contribution in [1.82, 2.24) is 29.5 Å². The van der Waals surface area contributed by atoms with Gasteiger partial charge in [-0.15, -0.1) is 0 Å². The van der Waals surface area contributed by atoms with Crippen LogP contribution < -0.4 is 10.2 Å². The topological polar surface area (TPSA) is 84.7 Å². The molecule has 272 valence electrons. The predicted octanol–water partition coefficient (Wildman–Crippen LogP) is 11.7. The first-order valence-corrected chi connectivity index (χ1v) is 19.4. The van der Waals surface area contributed by atoms with E-state index in [0.29, 0.717) is 17.6 Å². The van der Waals surface area contributed by atoms with Crippen LogP contribution in [-0.2, 0) is 0 Å². The summed E-state index contributed by atoms with van der Waals surface area (Å²) in [5, 5.41) is 6.07. The quantitative estimate of drug-likeness (QED) is 0.188. The van der Waals surface area contributed by atoms with Crippen LogP contribution in [0, 0.1) is 0 Å². The minimum atomic E-state index is -0.0325. The van der Waals surface area contributed by atoms with Crippen molar-refractivity contribution in [2.45, 2.75) is 6.17 Å². The van der Waals surface area contributed by atoms with Gasteiger partial charge in [-0.3, -0.25) is 14.5 Å². The number of benzene rings is 6. The zero-order valence-electron chi connectivity index (χ0n) is 31.0. The lowest BCUT2D eigenvalue weighted by molar-refractivity contribution is 0.819. The molecule has 0 fully saturated rings. The zero-order valence-corrected chi connectivity index (χ0v) is 31.0. The zero-order chi connectivity index (χ0) is 38.2. The maximum atomic E-state index is 5.34. The summed E-state index contributed by atoms with van der Waals surface area (Å²) in [6, 6.07) is 58.9. The Morgan fingerprint density at radius 2 is 1.07 bits per heavy atom. The van der Waals surface area contributed by atoms with Crippen molar-refractivity contribution < 1.29 is 0 Å². The first-order valence-electron chi connectivity index (χ1n) is 19.4. The van der Waals surface area contributed by atoms with Crippen LogP contribution in [0.25, 0.3) is 84.2 Å². The van der Waals surface area contributed by atoms with Crippen molar-refractivity contribution in [2.75, 3.05) is 10.2 Å². The van der Waals surface area contributed by atoms with Crippen molar-refractivity contribution in [1.29, 1.82) is 0 Å². The number of anilines is 3. The molecule has 6 heterocycles. The number of pyridine rings is 2. The molecule has 0 saturated carbocycles. The Hall–Kier alpha value is -7.97. The Kier molecular flexibility index (Phi) is 7.12. The molecule has 0 radical (unpaired) electrons. The number of fused-ring (bicyclic) bond motifs is 12. The second-order valence-electron chi connectivity index (χ2n) is 14.6. The third kappa shape index (κ3) is 4.98. The molecule has 4 aromatic heterocycles. The van der Waals surface area contributed by atoms with Gasteiger partial charge in [-0.1, -0.05) is 121 Å². The van der Waals surface area contributed by atoms with Crippen LogP contribution in [-0.4, -0.2) is 29.5 Å². The molecule has 2 aliphatic heterocycles. The van der Waals surface area contributed by atoms with Gasteiger partial charge >= 0.3 is 0 Å². The molecule has 6 aromatic carbocycles. The fraction of sp³-hybridized carbons (Fsp3) is 0.0200. The highest BCUT2D eigenvalue weighted by Crippen LogP contribution is 2.56. The van der Waals surface area contributed by atoms with E-state index in [2.05, 4.69) is 158 Å². The van der Waals surface area contributed by atoms with E-state index in [0.717, 1.165) is 78.1 Å². The smallest absolute Gasteiger partial charge is 0.238 e. The van der Waals surface area contributed by atoms with Gasteiger partial charge in [0.2, 0.25) is 5.95 Å². The first-order chi connectivity index (χ1) is 28.8. The highest BCUT2D eigenvalue weighted by Gasteiger charge is 2.39. The van der Waals surface area contributed by atoms with E-state index >= 15 is 0 Å². The summed E-state index contributed by atoms with van der Waals surface area (Å²) in [7, 11) is 0. The third-order valence-electron chi connectivity index (χ3n) is 11.3. The van der Waals surface area contributed by atoms with Gasteiger partial charge in [0.05, 0.1) is 39.5 Å². The number of hydrogen-bond donors (Lipinski definition) is 1. The molecule has 8 nitrogen and oxygen atoms in total. The van der Waals surface area contributed by atoms with E-state index in [1.54, 1.807) is 0 Å². The summed E-state index contributed by atoms with van der Waals surface area (Å²) in [6.07, 6.45) is 3.60. The van der Waals surface area contributed by atoms with Gasteiger partial charge in [0.25, 0.3) is 0 Å². The van der Waals surface area contributed by atoms with Crippen LogP contribution in [0.4, 0.5) is 17.1 Å². The summed E-state index contributed by atoms with van der Waals surface area (Å²) < 4.78 is 2.25. The van der Waals surface area contributed by atoms with Gasteiger partial charge in [-0.2, -0.15) is 9.97 Å². The molecule has 0 spiro atoms. The largest absolute Gasteiger partial charge is 0.359 e. The van der Waals surface area contributed by atoms with E-state index in [9.17, 15) is 0 Å². The number of aromatic nitrogens is 6. The Morgan fingerprint density at radius 1 is 0.466 bits per heavy atom. The molecule has 2 aliphatic rings. The maximum absolute atomic E-state index is 5.34. The van der Waals surface area contributed by atoms with Gasteiger partial charge in [0.1, 0.15) is 6.17 Å². The average molecular weight is 745 g/mol. The summed E-state index contributed by atoms with van der Waals surface area (Å²) in [5.74, 6) is 1.70. The monoisotopic (exact) mass is 744 g/mol. The predicted molar refractivity (Wildman–Crippen MR) is 232 cm³/mol. The highest BCUT2D eigenvalue weighted by molar-refractivity contribution is 6.17. The fourth-order valence-corrected chi connectivity index (χ4v) is 8.70. The number of rotatable bonds is 5. The lowest BCUT2D eigenvalue weighted by atomic mass is 9.89. The van der Waals surface area contributed by atoms with Crippen LogP contribution in [0.5, 0.6) is 0 Å². The van der Waals surface area contributed by atoms with Crippen molar-refractivity contribution in [3.8, 4) is 62.4 Å². The van der Waals surface area contributed by atoms with Crippen LogP contribution >= 0.6 is 0 Å². The molecule has 58 heavy (non-hydrogen) atoms. The normalized spacial score (nSPS) is 13.8. The molecule has 0 bridgehead atoms. The molecule has 0 amide bonds. The van der Waals surface area contributed by atoms with E-state index in [-0.39, 0.29) is 6.17 Å². The lowest BCUT2D eigenvalue weighted by Crippen LogP contribution is -2.27. The summed E-state index contributed by atoms with van der Waals surface area (Å²) in [5.41, 5.74) is 14.6. The van der Waals surface area contributed by atoms with Crippen molar-refractivity contribution in [2.24, 2.45) is 0 Å². The average Bonchev–Trinajstić information content (AvgIpc) is 3.86. The molecule has 8 heteroatoms. The van der Waals surface area contributed by atoms with Crippen molar-refractivity contribution >= 4 is 38.9 Å². The second-order valence-corrected chi connectivity index (χ2v) is 14.6. The van der Waals surface area contributed by atoms with Crippen LogP contribution in [0.3, 0.4) is 0 Å². The molecule has 1 atom stereocenters. The maximum Gasteiger partial charge on any atom is 0.238 e. The SMILES string of the molecule is c1ccc(-c2ccc(-c3nc(-c4ccc(-c5ccccn5)cc4)nc(-n4c5ccccc5c5ccc6c(c54)-c4ccccc4C4Nc5ccccc5N64)n3)cc2)nc1. The van der Waals surface area contributed by atoms with E-state index in [4.69, 9.17) is 15.0 Å². The molecule has 1 N–H and O–H groups in total. The second kappa shape index (κ2) is 12.8. The third-order valence-corrected chi connectivity index (χ3v) is 11.3. The van der Waals surface area contributed by atoms with E-state index in [1.807, 2.05) is 48.8 Å². The number of nitrogens with zero attached hydrogens (tertiary/aromatic N) is 7. The Balaban J connectivity index is 1.12. The van der Waals surface area contributed by atoms with Gasteiger partial charge in [-0.25, -0.2) is 4.98 Å². The summed E-state index contributed by atoms with van der Waals surface area (Å²) in [6.45, 7) is 0. The highest BCUT2D eigenvalue weighted by atomic mass is 15.3. The Labute approximate surface area is 333 Å². The Morgan fingerprint density at radius 3 is 1.76 bits per heavy atom. The molecular formula is C50H32N8. The molecule has 0 aliphatic carbocycles. The van der Waals surface area contributed by atoms with Crippen LogP contribution in [0.1, 0.15) is 11.7 Å².